The zero-order chi connectivity index (χ0) is 12.9. The van der Waals surface area contributed by atoms with E-state index in [1.54, 1.807) is 26.2 Å². The molecule has 1 aromatic rings. The van der Waals surface area contributed by atoms with Crippen LogP contribution in [0, 0.1) is 11.8 Å². The van der Waals surface area contributed by atoms with Crippen LogP contribution in [0.5, 0.6) is 0 Å². The first-order chi connectivity index (χ1) is 7.95. The molecule has 0 bridgehead atoms. The Balaban J connectivity index is 2.95. The molecule has 1 aromatic carbocycles. The van der Waals surface area contributed by atoms with Crippen LogP contribution in [-0.4, -0.2) is 39.2 Å². The maximum absolute atomic E-state index is 11.7. The van der Waals surface area contributed by atoms with E-state index in [1.807, 2.05) is 0 Å². The number of hydrazine groups is 1. The number of hydrogen-bond donors (Lipinski definition) is 2. The van der Waals surface area contributed by atoms with E-state index in [2.05, 4.69) is 16.7 Å². The Hall–Kier alpha value is -1.39. The predicted octanol–water partition coefficient (Wildman–Crippen LogP) is -0.215. The summed E-state index contributed by atoms with van der Waals surface area (Å²) in [6.45, 7) is -0.220. The van der Waals surface area contributed by atoms with E-state index < -0.39 is 10.0 Å². The summed E-state index contributed by atoms with van der Waals surface area (Å²) in [5.74, 6) is 5.18. The summed E-state index contributed by atoms with van der Waals surface area (Å²) in [6.07, 6.45) is 0. The Morgan fingerprint density at radius 2 is 1.88 bits per heavy atom. The molecule has 0 fully saturated rings. The van der Waals surface area contributed by atoms with Gasteiger partial charge in [0, 0.05) is 19.7 Å². The van der Waals surface area contributed by atoms with Gasteiger partial charge in [-0.3, -0.25) is 0 Å². The minimum Gasteiger partial charge on any atom is -0.384 e. The van der Waals surface area contributed by atoms with Crippen LogP contribution in [-0.2, 0) is 10.0 Å². The van der Waals surface area contributed by atoms with Crippen LogP contribution < -0.4 is 4.83 Å². The molecule has 0 aliphatic heterocycles. The Morgan fingerprint density at radius 3 is 2.35 bits per heavy atom. The van der Waals surface area contributed by atoms with E-state index in [0.717, 1.165) is 0 Å². The van der Waals surface area contributed by atoms with Crippen LogP contribution in [0.15, 0.2) is 29.2 Å². The number of rotatable bonds is 3. The Morgan fingerprint density at radius 1 is 1.29 bits per heavy atom. The largest absolute Gasteiger partial charge is 0.384 e. The first kappa shape index (κ1) is 13.7. The summed E-state index contributed by atoms with van der Waals surface area (Å²) in [5, 5.41) is 9.88. The second-order valence-electron chi connectivity index (χ2n) is 3.47. The highest BCUT2D eigenvalue weighted by molar-refractivity contribution is 7.89. The van der Waals surface area contributed by atoms with Gasteiger partial charge in [-0.05, 0) is 24.3 Å². The first-order valence-corrected chi connectivity index (χ1v) is 6.33. The van der Waals surface area contributed by atoms with E-state index >= 15 is 0 Å². The normalized spacial score (nSPS) is 11.1. The van der Waals surface area contributed by atoms with Crippen molar-refractivity contribution in [2.45, 2.75) is 4.90 Å². The summed E-state index contributed by atoms with van der Waals surface area (Å²) in [5.41, 5.74) is 0.655. The Labute approximate surface area is 101 Å². The molecule has 0 spiro atoms. The molecule has 0 aliphatic carbocycles. The summed E-state index contributed by atoms with van der Waals surface area (Å²) in [6, 6.07) is 6.11. The molecule has 5 nitrogen and oxygen atoms in total. The lowest BCUT2D eigenvalue weighted by Crippen LogP contribution is -2.36. The van der Waals surface area contributed by atoms with Gasteiger partial charge in [0.05, 0.1) is 4.90 Å². The van der Waals surface area contributed by atoms with E-state index in [0.29, 0.717) is 5.56 Å². The van der Waals surface area contributed by atoms with Gasteiger partial charge >= 0.3 is 0 Å². The van der Waals surface area contributed by atoms with Gasteiger partial charge in [-0.2, -0.15) is 0 Å². The molecule has 0 heterocycles. The molecule has 0 saturated carbocycles. The highest BCUT2D eigenvalue weighted by Crippen LogP contribution is 2.09. The van der Waals surface area contributed by atoms with Crippen molar-refractivity contribution in [1.29, 1.82) is 0 Å². The third kappa shape index (κ3) is 4.17. The molecular formula is C11H14N2O3S. The van der Waals surface area contributed by atoms with Crippen molar-refractivity contribution >= 4 is 10.0 Å². The lowest BCUT2D eigenvalue weighted by atomic mass is 10.2. The smallest absolute Gasteiger partial charge is 0.253 e. The Bertz CT molecular complexity index is 524. The molecule has 0 saturated heterocycles. The summed E-state index contributed by atoms with van der Waals surface area (Å²) in [7, 11) is -0.327. The highest BCUT2D eigenvalue weighted by atomic mass is 32.2. The van der Waals surface area contributed by atoms with Crippen molar-refractivity contribution in [2.24, 2.45) is 0 Å². The van der Waals surface area contributed by atoms with Crippen molar-refractivity contribution in [3.05, 3.63) is 29.8 Å². The van der Waals surface area contributed by atoms with Crippen molar-refractivity contribution in [3.8, 4) is 11.8 Å². The molecule has 2 N–H and O–H groups in total. The van der Waals surface area contributed by atoms with Crippen molar-refractivity contribution in [3.63, 3.8) is 0 Å². The zero-order valence-electron chi connectivity index (χ0n) is 9.64. The van der Waals surface area contributed by atoms with E-state index in [-0.39, 0.29) is 11.5 Å². The number of sulfonamides is 1. The van der Waals surface area contributed by atoms with Crippen LogP contribution in [0.2, 0.25) is 0 Å². The van der Waals surface area contributed by atoms with Crippen molar-refractivity contribution in [1.82, 2.24) is 9.84 Å². The third-order valence-corrected chi connectivity index (χ3v) is 3.28. The molecule has 92 valence electrons. The van der Waals surface area contributed by atoms with Crippen LogP contribution in [0.3, 0.4) is 0 Å². The van der Waals surface area contributed by atoms with Gasteiger partial charge in [-0.1, -0.05) is 11.8 Å². The topological polar surface area (TPSA) is 69.6 Å². The van der Waals surface area contributed by atoms with Crippen LogP contribution in [0.4, 0.5) is 0 Å². The standard InChI is InChI=1S/C11H14N2O3S/c1-13(2)12-17(15,16)11-7-5-10(6-8-11)4-3-9-14/h5-8,12,14H,9H2,1-2H3. The quantitative estimate of drug-likeness (QED) is 0.578. The van der Waals surface area contributed by atoms with Gasteiger partial charge in [0.2, 0.25) is 0 Å². The lowest BCUT2D eigenvalue weighted by Gasteiger charge is -2.12. The van der Waals surface area contributed by atoms with Gasteiger partial charge in [-0.25, -0.2) is 13.4 Å². The molecular weight excluding hydrogens is 240 g/mol. The van der Waals surface area contributed by atoms with Gasteiger partial charge in [-0.15, -0.1) is 4.83 Å². The molecule has 0 aromatic heterocycles. The van der Waals surface area contributed by atoms with Crippen LogP contribution in [0.1, 0.15) is 5.56 Å². The second-order valence-corrected chi connectivity index (χ2v) is 5.13. The first-order valence-electron chi connectivity index (χ1n) is 4.85. The maximum Gasteiger partial charge on any atom is 0.253 e. The minimum atomic E-state index is -3.52. The molecule has 0 unspecified atom stereocenters. The molecule has 0 radical (unpaired) electrons. The number of nitrogens with one attached hydrogen (secondary N) is 1. The SMILES string of the molecule is CN(C)NS(=O)(=O)c1ccc(C#CCO)cc1. The third-order valence-electron chi connectivity index (χ3n) is 1.78. The highest BCUT2D eigenvalue weighted by Gasteiger charge is 2.13. The number of hydrogen-bond acceptors (Lipinski definition) is 4. The summed E-state index contributed by atoms with van der Waals surface area (Å²) in [4.78, 5) is 2.49. The average Bonchev–Trinajstić information content (AvgIpc) is 2.25. The molecule has 0 amide bonds. The predicted molar refractivity (Wildman–Crippen MR) is 64.4 cm³/mol. The fourth-order valence-electron chi connectivity index (χ4n) is 1.15. The van der Waals surface area contributed by atoms with Crippen molar-refractivity contribution < 1.29 is 13.5 Å². The van der Waals surface area contributed by atoms with Crippen molar-refractivity contribution in [2.75, 3.05) is 20.7 Å². The molecule has 1 rings (SSSR count). The summed E-state index contributed by atoms with van der Waals surface area (Å²) >= 11 is 0. The summed E-state index contributed by atoms with van der Waals surface area (Å²) < 4.78 is 23.5. The van der Waals surface area contributed by atoms with Gasteiger partial charge < -0.3 is 5.11 Å². The van der Waals surface area contributed by atoms with E-state index in [1.165, 1.54) is 17.1 Å². The number of benzene rings is 1. The fourth-order valence-corrected chi connectivity index (χ4v) is 2.23. The second kappa shape index (κ2) is 5.80. The van der Waals surface area contributed by atoms with Gasteiger partial charge in [0.15, 0.2) is 0 Å². The van der Waals surface area contributed by atoms with E-state index in [4.69, 9.17) is 5.11 Å². The van der Waals surface area contributed by atoms with Crippen LogP contribution in [0.25, 0.3) is 0 Å². The monoisotopic (exact) mass is 254 g/mol. The molecule has 6 heteroatoms. The molecule has 0 atom stereocenters. The van der Waals surface area contributed by atoms with Gasteiger partial charge in [0.1, 0.15) is 6.61 Å². The fraction of sp³-hybridized carbons (Fsp3) is 0.273. The van der Waals surface area contributed by atoms with E-state index in [9.17, 15) is 8.42 Å². The number of nitrogens with zero attached hydrogens (tertiary/aromatic N) is 1. The Kier molecular flexibility index (Phi) is 4.66. The van der Waals surface area contributed by atoms with Crippen LogP contribution >= 0.6 is 0 Å². The average molecular weight is 254 g/mol. The minimum absolute atomic E-state index is 0.167. The molecule has 17 heavy (non-hydrogen) atoms. The molecule has 0 aliphatic rings. The number of aliphatic hydroxyl groups is 1. The number of aliphatic hydroxyl groups excluding tert-OH is 1. The zero-order valence-corrected chi connectivity index (χ0v) is 10.5. The lowest BCUT2D eigenvalue weighted by molar-refractivity contribution is 0.350. The van der Waals surface area contributed by atoms with Gasteiger partial charge in [0.25, 0.3) is 10.0 Å². The maximum atomic E-state index is 11.7.